The van der Waals surface area contributed by atoms with E-state index in [1.807, 2.05) is 44.4 Å². The second-order valence-electron chi connectivity index (χ2n) is 6.03. The van der Waals surface area contributed by atoms with E-state index in [-0.39, 0.29) is 5.91 Å². The van der Waals surface area contributed by atoms with Crippen molar-refractivity contribution in [3.63, 3.8) is 0 Å². The molecule has 1 N–H and O–H groups in total. The van der Waals surface area contributed by atoms with Crippen molar-refractivity contribution in [2.75, 3.05) is 19.4 Å². The van der Waals surface area contributed by atoms with Gasteiger partial charge in [0, 0.05) is 44.7 Å². The maximum absolute atomic E-state index is 12.0. The summed E-state index contributed by atoms with van der Waals surface area (Å²) in [6.45, 7) is 1.96. The van der Waals surface area contributed by atoms with E-state index in [1.165, 1.54) is 0 Å². The summed E-state index contributed by atoms with van der Waals surface area (Å²) in [6.07, 6.45) is 5.34. The van der Waals surface area contributed by atoms with Gasteiger partial charge >= 0.3 is 0 Å². The van der Waals surface area contributed by atoms with Crippen LogP contribution < -0.4 is 5.32 Å². The number of carbonyl (C=O) groups is 1. The van der Waals surface area contributed by atoms with E-state index in [4.69, 9.17) is 0 Å². The van der Waals surface area contributed by atoms with Gasteiger partial charge in [0.05, 0.1) is 17.6 Å². The van der Waals surface area contributed by atoms with Crippen LogP contribution in [0.3, 0.4) is 0 Å². The molecule has 2 aromatic heterocycles. The van der Waals surface area contributed by atoms with Gasteiger partial charge in [0.25, 0.3) is 5.91 Å². The number of anilines is 2. The lowest BCUT2D eigenvalue weighted by molar-refractivity contribution is 0.0827. The first-order chi connectivity index (χ1) is 11.9. The van der Waals surface area contributed by atoms with E-state index in [2.05, 4.69) is 20.4 Å². The van der Waals surface area contributed by atoms with Gasteiger partial charge in [0.2, 0.25) is 5.95 Å². The number of aromatic nitrogens is 4. The summed E-state index contributed by atoms with van der Waals surface area (Å²) in [5, 5.41) is 7.25. The number of amides is 1. The third kappa shape index (κ3) is 3.65. The second-order valence-corrected chi connectivity index (χ2v) is 6.03. The van der Waals surface area contributed by atoms with E-state index in [9.17, 15) is 4.79 Å². The summed E-state index contributed by atoms with van der Waals surface area (Å²) in [6, 6.07) is 7.43. The summed E-state index contributed by atoms with van der Waals surface area (Å²) in [5.41, 5.74) is 4.19. The van der Waals surface area contributed by atoms with Gasteiger partial charge in [-0.1, -0.05) is 12.1 Å². The Hall–Kier alpha value is -3.22. The van der Waals surface area contributed by atoms with Crippen molar-refractivity contribution in [2.24, 2.45) is 7.05 Å². The van der Waals surface area contributed by atoms with Crippen LogP contribution in [-0.4, -0.2) is 44.7 Å². The van der Waals surface area contributed by atoms with Crippen LogP contribution in [-0.2, 0) is 7.05 Å². The van der Waals surface area contributed by atoms with E-state index in [0.717, 1.165) is 22.5 Å². The highest BCUT2D eigenvalue weighted by molar-refractivity contribution is 5.94. The second kappa shape index (κ2) is 6.72. The number of nitrogens with zero attached hydrogens (tertiary/aromatic N) is 5. The maximum Gasteiger partial charge on any atom is 0.253 e. The van der Waals surface area contributed by atoms with Gasteiger partial charge in [-0.25, -0.2) is 9.97 Å². The quantitative estimate of drug-likeness (QED) is 0.792. The molecule has 0 aliphatic heterocycles. The molecule has 0 fully saturated rings. The van der Waals surface area contributed by atoms with Gasteiger partial charge < -0.3 is 10.2 Å². The highest BCUT2D eigenvalue weighted by Crippen LogP contribution is 2.23. The molecular formula is C18H20N6O. The third-order valence-corrected chi connectivity index (χ3v) is 3.74. The standard InChI is InChI=1S/C18H20N6O/c1-12-9-19-18(21-15-10-20-24(4)11-15)22-16(12)13-5-7-14(8-6-13)17(25)23(2)3/h5-11H,1-4H3,(H,19,21,22). The van der Waals surface area contributed by atoms with Gasteiger partial charge in [-0.05, 0) is 24.6 Å². The van der Waals surface area contributed by atoms with Crippen LogP contribution in [0.5, 0.6) is 0 Å². The summed E-state index contributed by atoms with van der Waals surface area (Å²) < 4.78 is 1.71. The lowest BCUT2D eigenvalue weighted by Gasteiger charge is -2.11. The SMILES string of the molecule is Cc1cnc(Nc2cnn(C)c2)nc1-c1ccc(C(=O)N(C)C)cc1. The molecule has 7 heteroatoms. The molecule has 0 saturated heterocycles. The van der Waals surface area contributed by atoms with Crippen molar-refractivity contribution in [3.05, 3.63) is 54.0 Å². The molecule has 128 valence electrons. The van der Waals surface area contributed by atoms with Crippen molar-refractivity contribution in [1.29, 1.82) is 0 Å². The summed E-state index contributed by atoms with van der Waals surface area (Å²) in [5.74, 6) is 0.479. The lowest BCUT2D eigenvalue weighted by atomic mass is 10.1. The van der Waals surface area contributed by atoms with Crippen molar-refractivity contribution in [3.8, 4) is 11.3 Å². The summed E-state index contributed by atoms with van der Waals surface area (Å²) >= 11 is 0. The topological polar surface area (TPSA) is 75.9 Å². The van der Waals surface area contributed by atoms with Gasteiger partial charge in [0.15, 0.2) is 0 Å². The van der Waals surface area contributed by atoms with Crippen molar-refractivity contribution >= 4 is 17.5 Å². The average molecular weight is 336 g/mol. The fourth-order valence-corrected chi connectivity index (χ4v) is 2.44. The molecule has 0 radical (unpaired) electrons. The monoisotopic (exact) mass is 336 g/mol. The number of hydrogen-bond acceptors (Lipinski definition) is 5. The van der Waals surface area contributed by atoms with Gasteiger partial charge in [0.1, 0.15) is 0 Å². The number of carbonyl (C=O) groups excluding carboxylic acids is 1. The molecule has 3 rings (SSSR count). The Morgan fingerprint density at radius 3 is 2.48 bits per heavy atom. The molecule has 2 heterocycles. The Balaban J connectivity index is 1.88. The van der Waals surface area contributed by atoms with E-state index < -0.39 is 0 Å². The third-order valence-electron chi connectivity index (χ3n) is 3.74. The zero-order valence-electron chi connectivity index (χ0n) is 14.7. The van der Waals surface area contributed by atoms with Crippen LogP contribution in [0.15, 0.2) is 42.9 Å². The summed E-state index contributed by atoms with van der Waals surface area (Å²) in [7, 11) is 5.32. The minimum Gasteiger partial charge on any atom is -0.345 e. The van der Waals surface area contributed by atoms with Gasteiger partial charge in [-0.3, -0.25) is 9.48 Å². The Labute approximate surface area is 146 Å². The first kappa shape index (κ1) is 16.6. The van der Waals surface area contributed by atoms with Crippen LogP contribution in [0, 0.1) is 6.92 Å². The van der Waals surface area contributed by atoms with Crippen LogP contribution in [0.4, 0.5) is 11.6 Å². The van der Waals surface area contributed by atoms with Gasteiger partial charge in [-0.15, -0.1) is 0 Å². The Morgan fingerprint density at radius 1 is 1.16 bits per heavy atom. The summed E-state index contributed by atoms with van der Waals surface area (Å²) in [4.78, 5) is 22.5. The molecule has 25 heavy (non-hydrogen) atoms. The van der Waals surface area contributed by atoms with Crippen molar-refractivity contribution in [1.82, 2.24) is 24.6 Å². The molecule has 7 nitrogen and oxygen atoms in total. The Morgan fingerprint density at radius 2 is 1.88 bits per heavy atom. The molecule has 0 spiro atoms. The smallest absolute Gasteiger partial charge is 0.253 e. The van der Waals surface area contributed by atoms with Crippen molar-refractivity contribution < 1.29 is 4.79 Å². The number of rotatable bonds is 4. The van der Waals surface area contributed by atoms with E-state index in [1.54, 1.807) is 36.1 Å². The number of hydrogen-bond donors (Lipinski definition) is 1. The fraction of sp³-hybridized carbons (Fsp3) is 0.222. The first-order valence-electron chi connectivity index (χ1n) is 7.85. The fourth-order valence-electron chi connectivity index (χ4n) is 2.44. The molecule has 0 atom stereocenters. The van der Waals surface area contributed by atoms with Crippen LogP contribution in [0.1, 0.15) is 15.9 Å². The lowest BCUT2D eigenvalue weighted by Crippen LogP contribution is -2.21. The number of aryl methyl sites for hydroxylation is 2. The maximum atomic E-state index is 12.0. The van der Waals surface area contributed by atoms with E-state index >= 15 is 0 Å². The highest BCUT2D eigenvalue weighted by Gasteiger charge is 2.11. The van der Waals surface area contributed by atoms with Gasteiger partial charge in [-0.2, -0.15) is 5.10 Å². The Bertz CT molecular complexity index is 898. The van der Waals surface area contributed by atoms with Crippen LogP contribution in [0.2, 0.25) is 0 Å². The molecule has 3 aromatic rings. The van der Waals surface area contributed by atoms with Crippen molar-refractivity contribution in [2.45, 2.75) is 6.92 Å². The van der Waals surface area contributed by atoms with Crippen LogP contribution >= 0.6 is 0 Å². The predicted molar refractivity (Wildman–Crippen MR) is 96.7 cm³/mol. The normalized spacial score (nSPS) is 10.6. The predicted octanol–water partition coefficient (Wildman–Crippen LogP) is 2.63. The van der Waals surface area contributed by atoms with E-state index in [0.29, 0.717) is 11.5 Å². The molecule has 1 aromatic carbocycles. The highest BCUT2D eigenvalue weighted by atomic mass is 16.2. The van der Waals surface area contributed by atoms with Crippen LogP contribution in [0.25, 0.3) is 11.3 Å². The Kier molecular flexibility index (Phi) is 4.47. The zero-order chi connectivity index (χ0) is 18.0. The minimum absolute atomic E-state index is 0.0232. The first-order valence-corrected chi connectivity index (χ1v) is 7.85. The average Bonchev–Trinajstić information content (AvgIpc) is 3.01. The molecule has 0 saturated carbocycles. The molecule has 0 bridgehead atoms. The molecule has 0 aliphatic carbocycles. The molecule has 1 amide bonds. The molecule has 0 unspecified atom stereocenters. The largest absolute Gasteiger partial charge is 0.345 e. The molecular weight excluding hydrogens is 316 g/mol. The number of benzene rings is 1. The molecule has 0 aliphatic rings. The number of nitrogens with one attached hydrogen (secondary N) is 1. The zero-order valence-corrected chi connectivity index (χ0v) is 14.7. The minimum atomic E-state index is -0.0232.